The predicted molar refractivity (Wildman–Crippen MR) is 146 cm³/mol. The van der Waals surface area contributed by atoms with Gasteiger partial charge in [-0.05, 0) is 89.2 Å². The first-order valence-corrected chi connectivity index (χ1v) is 12.4. The molecule has 0 heterocycles. The molecule has 4 aromatic rings. The second-order valence-corrected chi connectivity index (χ2v) is 9.53. The maximum atomic E-state index is 5.81. The van der Waals surface area contributed by atoms with Gasteiger partial charge in [0.15, 0.2) is 0 Å². The van der Waals surface area contributed by atoms with Gasteiger partial charge in [-0.2, -0.15) is 0 Å². The first-order valence-electron chi connectivity index (χ1n) is 12.4. The molecule has 174 valence electrons. The average molecular weight is 449 g/mol. The van der Waals surface area contributed by atoms with Crippen molar-refractivity contribution in [1.29, 1.82) is 0 Å². The Morgan fingerprint density at radius 1 is 0.471 bits per heavy atom. The van der Waals surface area contributed by atoms with Gasteiger partial charge in [0.2, 0.25) is 0 Å². The number of hydrogen-bond donors (Lipinski definition) is 2. The normalized spacial score (nSPS) is 11.1. The maximum absolute atomic E-state index is 5.81. The van der Waals surface area contributed by atoms with Crippen LogP contribution in [0.3, 0.4) is 0 Å². The second-order valence-electron chi connectivity index (χ2n) is 9.53. The molecule has 34 heavy (non-hydrogen) atoms. The molecule has 0 saturated heterocycles. The Bertz CT molecular complexity index is 1050. The molecular formula is C32H36N2. The smallest absolute Gasteiger partial charge is 0.0314 e. The van der Waals surface area contributed by atoms with Gasteiger partial charge in [-0.3, -0.25) is 0 Å². The number of hydrogen-bond acceptors (Lipinski definition) is 2. The summed E-state index contributed by atoms with van der Waals surface area (Å²) in [5.41, 5.74) is 21.4. The van der Waals surface area contributed by atoms with E-state index in [1.54, 1.807) is 0 Å². The monoisotopic (exact) mass is 448 g/mol. The standard InChI is InChI=1S/C32H36N2/c1-2-3-30(22-26-8-4-24(5-9-26)20-28-12-16-31(33)17-13-28)23-27-10-6-25(7-11-27)21-29-14-18-32(34)19-15-29/h4-19,30H,2-3,20-23,33-34H2,1H3. The van der Waals surface area contributed by atoms with Crippen LogP contribution in [0.4, 0.5) is 11.4 Å². The van der Waals surface area contributed by atoms with E-state index in [9.17, 15) is 0 Å². The Balaban J connectivity index is 1.34. The van der Waals surface area contributed by atoms with E-state index in [-0.39, 0.29) is 0 Å². The van der Waals surface area contributed by atoms with Crippen molar-refractivity contribution in [2.24, 2.45) is 5.92 Å². The third-order valence-electron chi connectivity index (χ3n) is 6.57. The summed E-state index contributed by atoms with van der Waals surface area (Å²) in [6.07, 6.45) is 6.62. The number of nitrogens with two attached hydrogens (primary N) is 2. The zero-order chi connectivity index (χ0) is 23.8. The highest BCUT2D eigenvalue weighted by molar-refractivity contribution is 5.42. The lowest BCUT2D eigenvalue weighted by atomic mass is 9.88. The van der Waals surface area contributed by atoms with Crippen molar-refractivity contribution in [3.05, 3.63) is 130 Å². The van der Waals surface area contributed by atoms with Crippen molar-refractivity contribution in [3.63, 3.8) is 0 Å². The third-order valence-corrected chi connectivity index (χ3v) is 6.57. The fourth-order valence-electron chi connectivity index (χ4n) is 4.68. The van der Waals surface area contributed by atoms with Crippen molar-refractivity contribution in [2.75, 3.05) is 11.5 Å². The first-order chi connectivity index (χ1) is 16.6. The van der Waals surface area contributed by atoms with Gasteiger partial charge in [-0.25, -0.2) is 0 Å². The molecule has 0 bridgehead atoms. The summed E-state index contributed by atoms with van der Waals surface area (Å²) in [6, 6.07) is 34.7. The molecule has 0 atom stereocenters. The number of nitrogen functional groups attached to an aromatic ring is 2. The van der Waals surface area contributed by atoms with Crippen LogP contribution in [0.25, 0.3) is 0 Å². The van der Waals surface area contributed by atoms with Gasteiger partial charge in [0.1, 0.15) is 0 Å². The fourth-order valence-corrected chi connectivity index (χ4v) is 4.68. The molecule has 0 saturated carbocycles. The van der Waals surface area contributed by atoms with Gasteiger partial charge in [0.25, 0.3) is 0 Å². The lowest BCUT2D eigenvalue weighted by molar-refractivity contribution is 0.474. The largest absolute Gasteiger partial charge is 0.399 e. The quantitative estimate of drug-likeness (QED) is 0.251. The zero-order valence-corrected chi connectivity index (χ0v) is 20.2. The molecule has 0 fully saturated rings. The van der Waals surface area contributed by atoms with E-state index in [4.69, 9.17) is 11.5 Å². The molecule has 2 heteroatoms. The van der Waals surface area contributed by atoms with E-state index < -0.39 is 0 Å². The van der Waals surface area contributed by atoms with Gasteiger partial charge < -0.3 is 11.5 Å². The van der Waals surface area contributed by atoms with Crippen molar-refractivity contribution in [1.82, 2.24) is 0 Å². The topological polar surface area (TPSA) is 52.0 Å². The van der Waals surface area contributed by atoms with E-state index in [2.05, 4.69) is 79.7 Å². The first kappa shape index (κ1) is 23.6. The van der Waals surface area contributed by atoms with Crippen LogP contribution in [0, 0.1) is 5.92 Å². The Labute approximate surface area is 204 Å². The summed E-state index contributed by atoms with van der Waals surface area (Å²) in [5.74, 6) is 0.663. The molecular weight excluding hydrogens is 412 g/mol. The average Bonchev–Trinajstić information content (AvgIpc) is 2.85. The van der Waals surface area contributed by atoms with Gasteiger partial charge >= 0.3 is 0 Å². The fraction of sp³-hybridized carbons (Fsp3) is 0.250. The number of anilines is 2. The lowest BCUT2D eigenvalue weighted by Crippen LogP contribution is -2.08. The Hall–Kier alpha value is -3.52. The molecule has 0 amide bonds. The second kappa shape index (κ2) is 11.6. The Morgan fingerprint density at radius 2 is 0.765 bits per heavy atom. The Kier molecular flexibility index (Phi) is 8.04. The van der Waals surface area contributed by atoms with Crippen LogP contribution < -0.4 is 11.5 Å². The van der Waals surface area contributed by atoms with Crippen LogP contribution >= 0.6 is 0 Å². The highest BCUT2D eigenvalue weighted by Gasteiger charge is 2.11. The van der Waals surface area contributed by atoms with Crippen LogP contribution in [0.1, 0.15) is 53.1 Å². The molecule has 4 rings (SSSR count). The highest BCUT2D eigenvalue weighted by Crippen LogP contribution is 2.22. The van der Waals surface area contributed by atoms with Crippen molar-refractivity contribution >= 4 is 11.4 Å². The van der Waals surface area contributed by atoms with E-state index >= 15 is 0 Å². The minimum atomic E-state index is 0.663. The van der Waals surface area contributed by atoms with Crippen LogP contribution in [0.15, 0.2) is 97.1 Å². The van der Waals surface area contributed by atoms with Gasteiger partial charge in [-0.15, -0.1) is 0 Å². The predicted octanol–water partition coefficient (Wildman–Crippen LogP) is 7.23. The van der Waals surface area contributed by atoms with Crippen LogP contribution in [0.2, 0.25) is 0 Å². The summed E-state index contributed by atoms with van der Waals surface area (Å²) in [6.45, 7) is 2.29. The van der Waals surface area contributed by atoms with E-state index in [0.717, 1.165) is 37.1 Å². The molecule has 4 N–H and O–H groups in total. The summed E-state index contributed by atoms with van der Waals surface area (Å²) in [5, 5.41) is 0. The Morgan fingerprint density at radius 3 is 1.09 bits per heavy atom. The van der Waals surface area contributed by atoms with Crippen molar-refractivity contribution < 1.29 is 0 Å². The van der Waals surface area contributed by atoms with Gasteiger partial charge in [0.05, 0.1) is 0 Å². The van der Waals surface area contributed by atoms with E-state index in [0.29, 0.717) is 5.92 Å². The van der Waals surface area contributed by atoms with Crippen LogP contribution in [-0.4, -0.2) is 0 Å². The third kappa shape index (κ3) is 6.99. The summed E-state index contributed by atoms with van der Waals surface area (Å²) >= 11 is 0. The highest BCUT2D eigenvalue weighted by atomic mass is 14.5. The summed E-state index contributed by atoms with van der Waals surface area (Å²) < 4.78 is 0. The molecule has 0 aliphatic rings. The van der Waals surface area contributed by atoms with Gasteiger partial charge in [0, 0.05) is 11.4 Å². The number of benzene rings is 4. The van der Waals surface area contributed by atoms with E-state index in [1.165, 1.54) is 46.2 Å². The summed E-state index contributed by atoms with van der Waals surface area (Å²) in [4.78, 5) is 0. The van der Waals surface area contributed by atoms with Crippen molar-refractivity contribution in [3.8, 4) is 0 Å². The van der Waals surface area contributed by atoms with Crippen LogP contribution in [0.5, 0.6) is 0 Å². The van der Waals surface area contributed by atoms with Gasteiger partial charge in [-0.1, -0.05) is 92.6 Å². The van der Waals surface area contributed by atoms with Crippen molar-refractivity contribution in [2.45, 2.75) is 45.4 Å². The molecule has 0 aliphatic carbocycles. The molecule has 0 aromatic heterocycles. The molecule has 0 spiro atoms. The molecule has 4 aromatic carbocycles. The van der Waals surface area contributed by atoms with E-state index in [1.807, 2.05) is 24.3 Å². The zero-order valence-electron chi connectivity index (χ0n) is 20.2. The number of rotatable bonds is 10. The molecule has 0 aliphatic heterocycles. The SMILES string of the molecule is CCCC(Cc1ccc(Cc2ccc(N)cc2)cc1)Cc1ccc(Cc2ccc(N)cc2)cc1. The lowest BCUT2D eigenvalue weighted by Gasteiger charge is -2.17. The molecule has 0 unspecified atom stereocenters. The van der Waals surface area contributed by atoms with Crippen LogP contribution in [-0.2, 0) is 25.7 Å². The molecule has 0 radical (unpaired) electrons. The minimum absolute atomic E-state index is 0.663. The molecule has 2 nitrogen and oxygen atoms in total. The minimum Gasteiger partial charge on any atom is -0.399 e. The summed E-state index contributed by atoms with van der Waals surface area (Å²) in [7, 11) is 0. The maximum Gasteiger partial charge on any atom is 0.0314 e.